The van der Waals surface area contributed by atoms with Gasteiger partial charge in [0.1, 0.15) is 6.54 Å². The predicted octanol–water partition coefficient (Wildman–Crippen LogP) is 6.23. The van der Waals surface area contributed by atoms with Crippen molar-refractivity contribution in [3.8, 4) is 0 Å². The van der Waals surface area contributed by atoms with Crippen molar-refractivity contribution < 1.29 is 60.9 Å². The number of hydrogen-bond acceptors (Lipinski definition) is 6. The first-order valence-corrected chi connectivity index (χ1v) is 14.8. The minimum atomic E-state index is -0.130. The van der Waals surface area contributed by atoms with Crippen molar-refractivity contribution in [2.24, 2.45) is 20.5 Å². The summed E-state index contributed by atoms with van der Waals surface area (Å²) in [6.07, 6.45) is 5.73. The maximum Gasteiger partial charge on any atom is 0.350 e. The summed E-state index contributed by atoms with van der Waals surface area (Å²) in [5, 5.41) is 17.1. The molecule has 0 radical (unpaired) electrons. The minimum absolute atomic E-state index is 0. The zero-order valence-electron chi connectivity index (χ0n) is 26.6. The largest absolute Gasteiger partial charge is 0.350 e. The first-order valence-electron chi connectivity index (χ1n) is 14.8. The molecule has 0 aliphatic carbocycles. The molecule has 0 aliphatic heterocycles. The van der Waals surface area contributed by atoms with Crippen molar-refractivity contribution in [2.75, 3.05) is 27.2 Å². The number of rotatable bonds is 12. The van der Waals surface area contributed by atoms with E-state index in [1.165, 1.54) is 0 Å². The number of aromatic nitrogens is 2. The van der Waals surface area contributed by atoms with Gasteiger partial charge in [0.05, 0.1) is 30.1 Å². The third-order valence-electron chi connectivity index (χ3n) is 7.18. The van der Waals surface area contributed by atoms with Gasteiger partial charge in [0.2, 0.25) is 0 Å². The zero-order valence-corrected chi connectivity index (χ0v) is 32.5. The number of carbonyl (C=O) groups is 2. The summed E-state index contributed by atoms with van der Waals surface area (Å²) in [7, 11) is 3.53. The molecule has 10 nitrogen and oxygen atoms in total. The first kappa shape index (κ1) is 37.9. The van der Waals surface area contributed by atoms with E-state index < -0.39 is 0 Å². The number of amides is 2. The molecule has 2 amide bonds. The third kappa shape index (κ3) is 11.0. The Morgan fingerprint density at radius 3 is 1.56 bits per heavy atom. The van der Waals surface area contributed by atoms with Crippen LogP contribution in [-0.2, 0) is 55.2 Å². The van der Waals surface area contributed by atoms with Crippen LogP contribution < -0.4 is 9.13 Å². The number of nitrogens with zero attached hydrogens (tertiary/aromatic N) is 8. The third-order valence-corrected chi connectivity index (χ3v) is 7.18. The van der Waals surface area contributed by atoms with Crippen LogP contribution in [0.25, 0.3) is 0 Å². The van der Waals surface area contributed by atoms with Crippen molar-refractivity contribution >= 4 is 34.7 Å². The van der Waals surface area contributed by atoms with Gasteiger partial charge in [0, 0.05) is 91.2 Å². The fourth-order valence-corrected chi connectivity index (χ4v) is 4.45. The fraction of sp³-hybridized carbons (Fsp3) is 0.167. The summed E-state index contributed by atoms with van der Waals surface area (Å²) in [6, 6.07) is 36.7. The Labute approximate surface area is 309 Å². The maximum atomic E-state index is 13.1. The van der Waals surface area contributed by atoms with E-state index in [0.717, 1.165) is 17.1 Å². The summed E-state index contributed by atoms with van der Waals surface area (Å²) in [4.78, 5) is 29.5. The molecule has 5 rings (SSSR count). The predicted molar refractivity (Wildman–Crippen MR) is 173 cm³/mol. The molecule has 3 aromatic carbocycles. The van der Waals surface area contributed by atoms with Crippen molar-refractivity contribution in [3.63, 3.8) is 0 Å². The standard InChI is InChI=1S/C36H34N8O2.2W/c1-41(25-27-43-23-20-33(21-24-43)38-37-31-11-5-3-6-12-31)35(45)29-16-18-30(19-17-29)36(46)42(2)26-28-44-22-10-9-15-34(44)40-39-32-13-7-4-8-14-32;;/h5-24H,25-28H2,1-2H3;;. The number of carbonyl (C=O) groups excluding carboxylic acids is 2. The van der Waals surface area contributed by atoms with Gasteiger partial charge in [-0.15, -0.1) is 24.3 Å². The average Bonchev–Trinajstić information content (AvgIpc) is 3.12. The van der Waals surface area contributed by atoms with Crippen LogP contribution in [0.4, 0.5) is 22.9 Å². The number of pyridine rings is 2. The molecule has 242 valence electrons. The van der Waals surface area contributed by atoms with Crippen molar-refractivity contribution in [1.29, 1.82) is 0 Å². The van der Waals surface area contributed by atoms with Crippen LogP contribution in [0.1, 0.15) is 20.7 Å². The van der Waals surface area contributed by atoms with E-state index in [4.69, 9.17) is 0 Å². The van der Waals surface area contributed by atoms with Crippen LogP contribution >= 0.6 is 0 Å². The van der Waals surface area contributed by atoms with E-state index in [9.17, 15) is 9.59 Å². The Kier molecular flexibility index (Phi) is 15.3. The first-order chi connectivity index (χ1) is 22.5. The topological polar surface area (TPSA) is 97.8 Å². The van der Waals surface area contributed by atoms with Crippen LogP contribution in [-0.4, -0.2) is 48.8 Å². The fourth-order valence-electron chi connectivity index (χ4n) is 4.45. The summed E-state index contributed by atoms with van der Waals surface area (Å²) in [6.45, 7) is 2.13. The molecule has 0 aliphatic rings. The van der Waals surface area contributed by atoms with Crippen LogP contribution in [0.5, 0.6) is 0 Å². The molecule has 2 aromatic heterocycles. The van der Waals surface area contributed by atoms with Crippen LogP contribution in [0.15, 0.2) is 142 Å². The molecule has 0 saturated carbocycles. The zero-order chi connectivity index (χ0) is 32.1. The van der Waals surface area contributed by atoms with Crippen molar-refractivity contribution in [1.82, 2.24) is 9.80 Å². The van der Waals surface area contributed by atoms with Gasteiger partial charge in [0.25, 0.3) is 11.8 Å². The van der Waals surface area contributed by atoms with Crippen LogP contribution in [0, 0.1) is 12.1 Å². The van der Waals surface area contributed by atoms with E-state index in [0.29, 0.717) is 43.1 Å². The quantitative estimate of drug-likeness (QED) is 0.0843. The normalized spacial score (nSPS) is 10.7. The molecule has 0 fully saturated rings. The smallest absolute Gasteiger partial charge is 0.338 e. The molecule has 48 heavy (non-hydrogen) atoms. The molecular weight excluding hydrogens is 944 g/mol. The molecule has 0 spiro atoms. The second-order valence-electron chi connectivity index (χ2n) is 10.5. The van der Waals surface area contributed by atoms with Crippen LogP contribution in [0.2, 0.25) is 0 Å². The molecule has 0 N–H and O–H groups in total. The number of hydrogen-bond donors (Lipinski definition) is 0. The summed E-state index contributed by atoms with van der Waals surface area (Å²) in [5.74, 6) is 0.437. The summed E-state index contributed by atoms with van der Waals surface area (Å²) in [5.41, 5.74) is 3.27. The van der Waals surface area contributed by atoms with Gasteiger partial charge in [0.15, 0.2) is 18.9 Å². The van der Waals surface area contributed by atoms with E-state index in [1.54, 1.807) is 72.4 Å². The van der Waals surface area contributed by atoms with Gasteiger partial charge in [-0.1, -0.05) is 11.2 Å². The van der Waals surface area contributed by atoms with Gasteiger partial charge in [-0.25, -0.2) is 9.13 Å². The van der Waals surface area contributed by atoms with E-state index >= 15 is 0 Å². The van der Waals surface area contributed by atoms with E-state index in [1.807, 2.05) is 82.3 Å². The van der Waals surface area contributed by atoms with E-state index in [-0.39, 0.29) is 53.9 Å². The Morgan fingerprint density at radius 2 is 1.04 bits per heavy atom. The SMILES string of the molecule is CN(CC[n+]1ccc(N=Nc2cc[c-]cc2)cc1)C(=O)c1ccc(C(=O)N(C)CC[n+]2ccccc2N=Nc2cc[c-]cc2)cc1.[W].[W]. The second kappa shape index (κ2) is 19.3. The van der Waals surface area contributed by atoms with Gasteiger partial charge in [-0.3, -0.25) is 9.59 Å². The Hall–Kier alpha value is -4.52. The van der Waals surface area contributed by atoms with E-state index in [2.05, 4.69) is 32.6 Å². The van der Waals surface area contributed by atoms with Gasteiger partial charge in [-0.05, 0) is 36.0 Å². The summed E-state index contributed by atoms with van der Waals surface area (Å²) >= 11 is 0. The molecule has 0 atom stereocenters. The molecule has 0 saturated heterocycles. The average molecular weight is 978 g/mol. The Balaban J connectivity index is 0.00000312. The maximum absolute atomic E-state index is 13.1. The van der Waals surface area contributed by atoms with Gasteiger partial charge < -0.3 is 9.80 Å². The molecular formula is C36H34N8O2W2. The molecule has 2 heterocycles. The number of benzene rings is 3. The molecule has 0 unspecified atom stereocenters. The summed E-state index contributed by atoms with van der Waals surface area (Å²) < 4.78 is 3.93. The molecule has 0 bridgehead atoms. The number of likely N-dealkylation sites (N-methyl/N-ethyl adjacent to an activating group) is 2. The second-order valence-corrected chi connectivity index (χ2v) is 10.5. The van der Waals surface area contributed by atoms with Gasteiger partial charge in [-0.2, -0.15) is 46.6 Å². The van der Waals surface area contributed by atoms with Crippen molar-refractivity contribution in [2.45, 2.75) is 13.1 Å². The Morgan fingerprint density at radius 1 is 0.583 bits per heavy atom. The minimum Gasteiger partial charge on any atom is -0.338 e. The monoisotopic (exact) mass is 978 g/mol. The molecule has 12 heteroatoms. The van der Waals surface area contributed by atoms with Crippen molar-refractivity contribution in [3.05, 3.63) is 145 Å². The Bertz CT molecular complexity index is 1800. The van der Waals surface area contributed by atoms with Gasteiger partial charge >= 0.3 is 5.82 Å². The molecule has 5 aromatic rings. The number of azo groups is 2. The van der Waals surface area contributed by atoms with Crippen LogP contribution in [0.3, 0.4) is 0 Å².